The topological polar surface area (TPSA) is 125 Å². The van der Waals surface area contributed by atoms with Crippen molar-refractivity contribution in [3.8, 4) is 5.75 Å². The lowest BCUT2D eigenvalue weighted by Gasteiger charge is -2.36. The largest absolute Gasteiger partial charge is 0.490 e. The number of amides is 2. The number of halogens is 1. The highest BCUT2D eigenvalue weighted by atomic mass is 35.5. The van der Waals surface area contributed by atoms with E-state index in [1.54, 1.807) is 48.0 Å². The molecule has 0 saturated carbocycles. The van der Waals surface area contributed by atoms with E-state index in [1.165, 1.54) is 30.3 Å². The summed E-state index contributed by atoms with van der Waals surface area (Å²) in [5.41, 5.74) is 0.908. The summed E-state index contributed by atoms with van der Waals surface area (Å²) in [6, 6.07) is 18.8. The number of rotatable bonds is 8. The third-order valence-electron chi connectivity index (χ3n) is 8.25. The van der Waals surface area contributed by atoms with E-state index in [0.717, 1.165) is 12.8 Å². The van der Waals surface area contributed by atoms with Crippen LogP contribution in [0.25, 0.3) is 0 Å². The molecule has 2 N–H and O–H groups in total. The summed E-state index contributed by atoms with van der Waals surface area (Å²) < 4.78 is 41.5. The maximum atomic E-state index is 14.3. The highest BCUT2D eigenvalue weighted by Gasteiger charge is 2.31. The predicted molar refractivity (Wildman–Crippen MR) is 183 cm³/mol. The second-order valence-corrected chi connectivity index (χ2v) is 14.2. The lowest BCUT2D eigenvalue weighted by molar-refractivity contribution is -0.0149. The van der Waals surface area contributed by atoms with Crippen molar-refractivity contribution >= 4 is 39.1 Å². The van der Waals surface area contributed by atoms with E-state index in [4.69, 9.17) is 21.1 Å². The average molecular weight is 686 g/mol. The van der Waals surface area contributed by atoms with Gasteiger partial charge in [0.15, 0.2) is 0 Å². The fraction of sp³-hybridized carbons (Fsp3) is 0.429. The van der Waals surface area contributed by atoms with Crippen LogP contribution in [-0.2, 0) is 14.8 Å². The molecule has 0 aromatic heterocycles. The van der Waals surface area contributed by atoms with Crippen LogP contribution in [0.5, 0.6) is 5.75 Å². The number of fused-ring (bicyclic) bond motifs is 1. The van der Waals surface area contributed by atoms with Crippen molar-refractivity contribution in [3.05, 3.63) is 88.9 Å². The summed E-state index contributed by atoms with van der Waals surface area (Å²) in [7, 11) is -2.25. The Kier molecular flexibility index (Phi) is 12.7. The molecule has 0 unspecified atom stereocenters. The molecule has 0 aliphatic carbocycles. The molecule has 0 radical (unpaired) electrons. The number of aliphatic hydroxyl groups is 1. The molecular weight excluding hydrogens is 642 g/mol. The normalized spacial score (nSPS) is 20.3. The zero-order chi connectivity index (χ0) is 34.1. The van der Waals surface area contributed by atoms with Crippen molar-refractivity contribution in [2.75, 3.05) is 38.1 Å². The van der Waals surface area contributed by atoms with Crippen LogP contribution in [0.4, 0.5) is 5.69 Å². The van der Waals surface area contributed by atoms with Gasteiger partial charge in [-0.25, -0.2) is 8.42 Å². The van der Waals surface area contributed by atoms with Crippen molar-refractivity contribution < 1.29 is 32.6 Å². The number of likely N-dealkylation sites (N-methyl/N-ethyl adjacent to an activating group) is 1. The third-order valence-corrected chi connectivity index (χ3v) is 9.90. The fourth-order valence-corrected chi connectivity index (χ4v) is 6.61. The van der Waals surface area contributed by atoms with Crippen LogP contribution < -0.4 is 9.46 Å². The number of aliphatic hydroxyl groups excluding tert-OH is 1. The first-order valence-electron chi connectivity index (χ1n) is 15.8. The summed E-state index contributed by atoms with van der Waals surface area (Å²) in [6.07, 6.45) is 1.65. The molecule has 254 valence electrons. The molecule has 4 rings (SSSR count). The van der Waals surface area contributed by atoms with Crippen molar-refractivity contribution in [3.63, 3.8) is 0 Å². The van der Waals surface area contributed by atoms with E-state index in [-0.39, 0.29) is 47.2 Å². The fourth-order valence-electron chi connectivity index (χ4n) is 5.43. The summed E-state index contributed by atoms with van der Waals surface area (Å²) >= 11 is 5.94. The molecule has 12 heteroatoms. The maximum Gasteiger partial charge on any atom is 0.261 e. The molecule has 0 fully saturated rings. The summed E-state index contributed by atoms with van der Waals surface area (Å²) in [5.74, 6) is -0.488. The van der Waals surface area contributed by atoms with E-state index >= 15 is 0 Å². The number of hydrogen-bond acceptors (Lipinski definition) is 7. The minimum atomic E-state index is -3.99. The monoisotopic (exact) mass is 685 g/mol. The highest BCUT2D eigenvalue weighted by Crippen LogP contribution is 2.30. The molecule has 0 bridgehead atoms. The van der Waals surface area contributed by atoms with Gasteiger partial charge in [-0.15, -0.1) is 0 Å². The van der Waals surface area contributed by atoms with E-state index < -0.39 is 28.1 Å². The Balaban J connectivity index is 1.66. The van der Waals surface area contributed by atoms with Crippen LogP contribution >= 0.6 is 11.6 Å². The average Bonchev–Trinajstić information content (AvgIpc) is 3.06. The number of hydrogen-bond donors (Lipinski definition) is 2. The first-order chi connectivity index (χ1) is 22.4. The molecule has 10 nitrogen and oxygen atoms in total. The van der Waals surface area contributed by atoms with Crippen molar-refractivity contribution in [1.82, 2.24) is 9.80 Å². The number of carbonyl (C=O) groups is 2. The molecule has 4 atom stereocenters. The van der Waals surface area contributed by atoms with Gasteiger partial charge in [-0.2, -0.15) is 0 Å². The zero-order valence-corrected chi connectivity index (χ0v) is 28.8. The van der Waals surface area contributed by atoms with Crippen molar-refractivity contribution in [1.29, 1.82) is 0 Å². The number of nitrogens with zero attached hydrogens (tertiary/aromatic N) is 2. The molecule has 3 aromatic rings. The Morgan fingerprint density at radius 1 is 1.09 bits per heavy atom. The summed E-state index contributed by atoms with van der Waals surface area (Å²) in [4.78, 5) is 30.7. The van der Waals surface area contributed by atoms with E-state index in [1.807, 2.05) is 32.0 Å². The molecule has 3 aromatic carbocycles. The molecule has 0 saturated heterocycles. The summed E-state index contributed by atoms with van der Waals surface area (Å²) in [5, 5.41) is 10.6. The Hall–Kier alpha value is -3.64. The van der Waals surface area contributed by atoms with Crippen LogP contribution in [0.1, 0.15) is 60.7 Å². The first-order valence-corrected chi connectivity index (χ1v) is 17.7. The molecular formula is C35H44ClN3O7S. The number of sulfonamides is 1. The quantitative estimate of drug-likeness (QED) is 0.311. The molecule has 1 aliphatic rings. The van der Waals surface area contributed by atoms with Gasteiger partial charge in [0, 0.05) is 48.9 Å². The Labute approximate surface area is 282 Å². The van der Waals surface area contributed by atoms with Crippen LogP contribution in [-0.4, -0.2) is 86.7 Å². The van der Waals surface area contributed by atoms with Gasteiger partial charge in [-0.1, -0.05) is 36.7 Å². The van der Waals surface area contributed by atoms with Gasteiger partial charge in [0.05, 0.1) is 35.3 Å². The van der Waals surface area contributed by atoms with Crippen LogP contribution in [0.15, 0.2) is 77.7 Å². The number of anilines is 1. The van der Waals surface area contributed by atoms with Crippen LogP contribution in [0.3, 0.4) is 0 Å². The number of carbonyl (C=O) groups excluding carboxylic acids is 2. The van der Waals surface area contributed by atoms with E-state index in [9.17, 15) is 23.1 Å². The molecule has 0 spiro atoms. The van der Waals surface area contributed by atoms with Gasteiger partial charge in [0.25, 0.3) is 21.8 Å². The molecule has 1 aliphatic heterocycles. The minimum absolute atomic E-state index is 0.0179. The van der Waals surface area contributed by atoms with Gasteiger partial charge in [0.2, 0.25) is 0 Å². The van der Waals surface area contributed by atoms with Gasteiger partial charge >= 0.3 is 0 Å². The Bertz CT molecular complexity index is 1610. The first kappa shape index (κ1) is 36.2. The SMILES string of the molecule is C[C@H]1CCCCO[C@@H](CN(C)C(=O)c2ccccc2)[C@@H](C)CN([C@@H](C)CO)C(=O)c2cc(NS(=O)(=O)c3ccc(Cl)cc3)ccc2O1. The van der Waals surface area contributed by atoms with Gasteiger partial charge in [-0.3, -0.25) is 14.3 Å². The molecule has 1 heterocycles. The molecule has 47 heavy (non-hydrogen) atoms. The zero-order valence-electron chi connectivity index (χ0n) is 27.3. The van der Waals surface area contributed by atoms with E-state index in [0.29, 0.717) is 35.9 Å². The van der Waals surface area contributed by atoms with Crippen molar-refractivity contribution in [2.24, 2.45) is 5.92 Å². The lowest BCUT2D eigenvalue weighted by atomic mass is 10.0. The molecule has 2 amide bonds. The number of ether oxygens (including phenoxy) is 2. The number of benzene rings is 3. The second-order valence-electron chi connectivity index (χ2n) is 12.1. The van der Waals surface area contributed by atoms with E-state index in [2.05, 4.69) is 4.72 Å². The lowest BCUT2D eigenvalue weighted by Crippen LogP contribution is -2.48. The standard InChI is InChI=1S/C35H44ClN3O7S/c1-24-21-39(25(2)23-40)35(42)31-20-29(37-47(43,44)30-16-13-28(36)14-17-30)15-18-32(31)46-26(3)10-8-9-19-45-33(24)22-38(4)34(41)27-11-6-5-7-12-27/h5-7,11-18,20,24-26,33,37,40H,8-10,19,21-23H2,1-4H3/t24-,25-,26-,33-/m0/s1. The summed E-state index contributed by atoms with van der Waals surface area (Å²) in [6.45, 7) is 6.30. The van der Waals surface area contributed by atoms with Gasteiger partial charge in [0.1, 0.15) is 5.75 Å². The highest BCUT2D eigenvalue weighted by molar-refractivity contribution is 7.92. The minimum Gasteiger partial charge on any atom is -0.490 e. The maximum absolute atomic E-state index is 14.3. The second kappa shape index (κ2) is 16.5. The van der Waals surface area contributed by atoms with Gasteiger partial charge in [-0.05, 0) is 87.7 Å². The van der Waals surface area contributed by atoms with Crippen molar-refractivity contribution in [2.45, 2.75) is 63.2 Å². The smallest absolute Gasteiger partial charge is 0.261 e. The predicted octanol–water partition coefficient (Wildman–Crippen LogP) is 5.71. The van der Waals surface area contributed by atoms with Gasteiger partial charge < -0.3 is 24.4 Å². The Morgan fingerprint density at radius 3 is 2.47 bits per heavy atom. The Morgan fingerprint density at radius 2 is 1.79 bits per heavy atom. The third kappa shape index (κ3) is 9.70. The van der Waals surface area contributed by atoms with Crippen LogP contribution in [0, 0.1) is 5.92 Å². The number of nitrogens with one attached hydrogen (secondary N) is 1. The van der Waals surface area contributed by atoms with Crippen LogP contribution in [0.2, 0.25) is 5.02 Å².